The molecule has 0 aliphatic rings. The summed E-state index contributed by atoms with van der Waals surface area (Å²) < 4.78 is 24.1. The lowest BCUT2D eigenvalue weighted by Crippen LogP contribution is -2.16. The first kappa shape index (κ1) is 13.9. The predicted octanol–water partition coefficient (Wildman–Crippen LogP) is 0.494. The highest BCUT2D eigenvalue weighted by Crippen LogP contribution is 2.23. The molecule has 0 aliphatic carbocycles. The van der Waals surface area contributed by atoms with Crippen molar-refractivity contribution in [2.75, 3.05) is 23.5 Å². The zero-order valence-electron chi connectivity index (χ0n) is 9.67. The van der Waals surface area contributed by atoms with Gasteiger partial charge in [-0.25, -0.2) is 13.1 Å². The molecule has 0 spiro atoms. The van der Waals surface area contributed by atoms with E-state index in [0.717, 1.165) is 0 Å². The highest BCUT2D eigenvalue weighted by atomic mass is 32.2. The molecule has 0 saturated carbocycles. The average molecular weight is 274 g/mol. The molecule has 0 atom stereocenters. The number of aryl methyl sites for hydroxylation is 1. The number of nitrogens with zero attached hydrogens (tertiary/aromatic N) is 3. The third kappa shape index (κ3) is 3.14. The summed E-state index contributed by atoms with van der Waals surface area (Å²) in [5, 5.41) is 13.5. The Hall–Kier alpha value is -1.20. The summed E-state index contributed by atoms with van der Waals surface area (Å²) in [5.74, 6) is 0.297. The van der Waals surface area contributed by atoms with Gasteiger partial charge >= 0.3 is 0 Å². The van der Waals surface area contributed by atoms with Gasteiger partial charge in [0.1, 0.15) is 22.5 Å². The molecule has 0 radical (unpaired) electrons. The van der Waals surface area contributed by atoms with E-state index in [-0.39, 0.29) is 23.9 Å². The molecular weight excluding hydrogens is 260 g/mol. The van der Waals surface area contributed by atoms with Crippen molar-refractivity contribution in [1.29, 1.82) is 5.26 Å². The van der Waals surface area contributed by atoms with Crippen molar-refractivity contribution in [1.82, 2.24) is 9.78 Å². The topological polar surface area (TPSA) is 102 Å². The van der Waals surface area contributed by atoms with Crippen LogP contribution in [0.4, 0.5) is 5.82 Å². The van der Waals surface area contributed by atoms with Crippen molar-refractivity contribution < 1.29 is 8.42 Å². The normalized spacial score (nSPS) is 11.4. The van der Waals surface area contributed by atoms with Crippen molar-refractivity contribution in [2.24, 2.45) is 0 Å². The number of sulfone groups is 1. The van der Waals surface area contributed by atoms with Gasteiger partial charge < -0.3 is 5.73 Å². The Morgan fingerprint density at radius 2 is 2.24 bits per heavy atom. The highest BCUT2D eigenvalue weighted by molar-refractivity contribution is 7.98. The predicted molar refractivity (Wildman–Crippen MR) is 67.5 cm³/mol. The zero-order valence-corrected chi connectivity index (χ0v) is 11.3. The summed E-state index contributed by atoms with van der Waals surface area (Å²) in [6, 6.07) is 1.97. The largest absolute Gasteiger partial charge is 0.383 e. The molecule has 2 N–H and O–H groups in total. The minimum absolute atomic E-state index is 0.0198. The number of nitrogen functional groups attached to an aromatic ring is 1. The molecule has 0 unspecified atom stereocenters. The lowest BCUT2D eigenvalue weighted by molar-refractivity contribution is 0.581. The van der Waals surface area contributed by atoms with E-state index >= 15 is 0 Å². The van der Waals surface area contributed by atoms with Crippen LogP contribution in [0.1, 0.15) is 12.5 Å². The maximum Gasteiger partial charge on any atom is 0.151 e. The maximum atomic E-state index is 11.4. The Balaban J connectivity index is 2.94. The van der Waals surface area contributed by atoms with Gasteiger partial charge in [0.25, 0.3) is 0 Å². The Bertz CT molecular complexity index is 542. The molecule has 0 fully saturated rings. The first-order valence-corrected chi connectivity index (χ1v) is 8.00. The van der Waals surface area contributed by atoms with Gasteiger partial charge in [-0.3, -0.25) is 0 Å². The Labute approximate surface area is 105 Å². The van der Waals surface area contributed by atoms with Crippen LogP contribution in [0.3, 0.4) is 0 Å². The molecule has 8 heteroatoms. The molecule has 1 rings (SSSR count). The second kappa shape index (κ2) is 5.42. The lowest BCUT2D eigenvalue weighted by atomic mass is 10.4. The van der Waals surface area contributed by atoms with E-state index in [1.807, 2.05) is 6.07 Å². The van der Waals surface area contributed by atoms with Crippen LogP contribution in [0.5, 0.6) is 0 Å². The van der Waals surface area contributed by atoms with Gasteiger partial charge in [0.2, 0.25) is 0 Å². The molecular formula is C9H14N4O2S2. The molecule has 6 nitrogen and oxygen atoms in total. The van der Waals surface area contributed by atoms with E-state index in [9.17, 15) is 8.42 Å². The summed E-state index contributed by atoms with van der Waals surface area (Å²) >= 11 is 1.31. The van der Waals surface area contributed by atoms with E-state index in [0.29, 0.717) is 10.6 Å². The standard InChI is InChI=1S/C9H14N4O2S2/c1-3-17(14,15)5-4-13-8(11)7(6-10)9(12-13)16-2/h3-5,11H2,1-2H3. The van der Waals surface area contributed by atoms with Crippen LogP contribution in [0, 0.1) is 11.3 Å². The van der Waals surface area contributed by atoms with E-state index < -0.39 is 9.84 Å². The SMILES string of the molecule is CCS(=O)(=O)CCn1nc(SC)c(C#N)c1N. The van der Waals surface area contributed by atoms with E-state index in [2.05, 4.69) is 5.10 Å². The fraction of sp³-hybridized carbons (Fsp3) is 0.556. The summed E-state index contributed by atoms with van der Waals surface area (Å²) in [7, 11) is -3.06. The third-order valence-corrected chi connectivity index (χ3v) is 4.68. The Kier molecular flexibility index (Phi) is 4.42. The first-order valence-electron chi connectivity index (χ1n) is 4.96. The van der Waals surface area contributed by atoms with Crippen molar-refractivity contribution in [3.63, 3.8) is 0 Å². The number of aromatic nitrogens is 2. The van der Waals surface area contributed by atoms with Crippen LogP contribution in [0.2, 0.25) is 0 Å². The molecule has 1 heterocycles. The van der Waals surface area contributed by atoms with E-state index in [4.69, 9.17) is 11.0 Å². The van der Waals surface area contributed by atoms with Crippen LogP contribution in [0.25, 0.3) is 0 Å². The molecule has 17 heavy (non-hydrogen) atoms. The number of hydrogen-bond donors (Lipinski definition) is 1. The highest BCUT2D eigenvalue weighted by Gasteiger charge is 2.16. The Morgan fingerprint density at radius 1 is 1.59 bits per heavy atom. The van der Waals surface area contributed by atoms with Gasteiger partial charge in [-0.2, -0.15) is 10.4 Å². The fourth-order valence-corrected chi connectivity index (χ4v) is 2.51. The molecule has 1 aromatic rings. The van der Waals surface area contributed by atoms with Crippen LogP contribution in [0.15, 0.2) is 5.03 Å². The third-order valence-electron chi connectivity index (χ3n) is 2.32. The molecule has 1 aromatic heterocycles. The number of nitrogens with two attached hydrogens (primary N) is 1. The van der Waals surface area contributed by atoms with Gasteiger partial charge in [-0.15, -0.1) is 11.8 Å². The second-order valence-corrected chi connectivity index (χ2v) is 6.61. The quantitative estimate of drug-likeness (QED) is 0.784. The molecule has 0 bridgehead atoms. The summed E-state index contributed by atoms with van der Waals surface area (Å²) in [6.45, 7) is 1.77. The molecule has 0 aliphatic heterocycles. The van der Waals surface area contributed by atoms with Gasteiger partial charge in [0.05, 0.1) is 12.3 Å². The second-order valence-electron chi connectivity index (χ2n) is 3.34. The van der Waals surface area contributed by atoms with Crippen molar-refractivity contribution in [3.05, 3.63) is 5.56 Å². The monoisotopic (exact) mass is 274 g/mol. The molecule has 0 amide bonds. The first-order chi connectivity index (χ1) is 7.95. The van der Waals surface area contributed by atoms with Gasteiger partial charge in [0, 0.05) is 5.75 Å². The lowest BCUT2D eigenvalue weighted by Gasteiger charge is -2.03. The van der Waals surface area contributed by atoms with Gasteiger partial charge in [-0.05, 0) is 6.26 Å². The van der Waals surface area contributed by atoms with Crippen LogP contribution >= 0.6 is 11.8 Å². The molecule has 94 valence electrons. The van der Waals surface area contributed by atoms with Crippen LogP contribution in [-0.2, 0) is 16.4 Å². The fourth-order valence-electron chi connectivity index (χ4n) is 1.24. The van der Waals surface area contributed by atoms with Crippen molar-refractivity contribution >= 4 is 27.4 Å². The van der Waals surface area contributed by atoms with Crippen LogP contribution in [-0.4, -0.2) is 36.0 Å². The number of hydrogen-bond acceptors (Lipinski definition) is 6. The van der Waals surface area contributed by atoms with Gasteiger partial charge in [0.15, 0.2) is 9.84 Å². The molecule has 0 aromatic carbocycles. The van der Waals surface area contributed by atoms with E-state index in [1.165, 1.54) is 16.4 Å². The summed E-state index contributed by atoms with van der Waals surface area (Å²) in [5.41, 5.74) is 6.04. The smallest absolute Gasteiger partial charge is 0.151 e. The number of thioether (sulfide) groups is 1. The number of anilines is 1. The number of rotatable bonds is 5. The Morgan fingerprint density at radius 3 is 2.65 bits per heavy atom. The van der Waals surface area contributed by atoms with E-state index in [1.54, 1.807) is 13.2 Å². The minimum atomic E-state index is -3.06. The average Bonchev–Trinajstić information content (AvgIpc) is 2.62. The number of nitriles is 1. The zero-order chi connectivity index (χ0) is 13.1. The molecule has 0 saturated heterocycles. The summed E-state index contributed by atoms with van der Waals surface area (Å²) in [4.78, 5) is 0. The summed E-state index contributed by atoms with van der Waals surface area (Å²) in [6.07, 6.45) is 1.79. The van der Waals surface area contributed by atoms with Gasteiger partial charge in [-0.1, -0.05) is 6.92 Å². The maximum absolute atomic E-state index is 11.4. The minimum Gasteiger partial charge on any atom is -0.383 e. The van der Waals surface area contributed by atoms with Crippen molar-refractivity contribution in [2.45, 2.75) is 18.5 Å². The van der Waals surface area contributed by atoms with Crippen LogP contribution < -0.4 is 5.73 Å². The van der Waals surface area contributed by atoms with Crippen molar-refractivity contribution in [3.8, 4) is 6.07 Å².